The molecule has 0 aliphatic heterocycles. The summed E-state index contributed by atoms with van der Waals surface area (Å²) in [5.41, 5.74) is 2.28. The molecule has 0 amide bonds. The third-order valence-corrected chi connectivity index (χ3v) is 4.28. The molecule has 0 fully saturated rings. The van der Waals surface area contributed by atoms with E-state index in [4.69, 9.17) is 16.3 Å². The minimum atomic E-state index is 0.691. The van der Waals surface area contributed by atoms with Crippen LogP contribution in [0, 0.1) is 0 Å². The number of hydrogen-bond acceptors (Lipinski definition) is 5. The van der Waals surface area contributed by atoms with Gasteiger partial charge in [-0.05, 0) is 35.4 Å². The maximum Gasteiger partial charge on any atom is 0.202 e. The van der Waals surface area contributed by atoms with Crippen LogP contribution in [0.3, 0.4) is 0 Å². The number of hydrogen-bond donors (Lipinski definition) is 1. The molecule has 0 spiro atoms. The second-order valence-corrected chi connectivity index (χ2v) is 6.21. The van der Waals surface area contributed by atoms with Crippen molar-refractivity contribution >= 4 is 28.3 Å². The molecule has 4 nitrogen and oxygen atoms in total. The Kier molecular flexibility index (Phi) is 5.10. The average Bonchev–Trinajstić information content (AvgIpc) is 3.02. The third-order valence-electron chi connectivity index (χ3n) is 3.32. The number of rotatable bonds is 6. The summed E-state index contributed by atoms with van der Waals surface area (Å²) in [4.78, 5) is 4.52. The van der Waals surface area contributed by atoms with E-state index in [9.17, 15) is 0 Å². The lowest BCUT2D eigenvalue weighted by Gasteiger charge is -2.03. The molecule has 0 radical (unpaired) electrons. The van der Waals surface area contributed by atoms with Crippen LogP contribution in [0.5, 0.6) is 5.75 Å². The van der Waals surface area contributed by atoms with Gasteiger partial charge in [0.05, 0.1) is 7.11 Å². The van der Waals surface area contributed by atoms with Gasteiger partial charge in [0.2, 0.25) is 5.13 Å². The van der Waals surface area contributed by atoms with Gasteiger partial charge >= 0.3 is 0 Å². The summed E-state index contributed by atoms with van der Waals surface area (Å²) in [5.74, 6) is 1.65. The van der Waals surface area contributed by atoms with Crippen molar-refractivity contribution in [3.63, 3.8) is 0 Å². The predicted octanol–water partition coefficient (Wildman–Crippen LogP) is 4.40. The van der Waals surface area contributed by atoms with E-state index in [0.29, 0.717) is 13.0 Å². The molecule has 0 atom stereocenters. The number of aromatic nitrogens is 2. The summed E-state index contributed by atoms with van der Waals surface area (Å²) in [5, 5.41) is 4.84. The first-order chi connectivity index (χ1) is 11.2. The van der Waals surface area contributed by atoms with Crippen LogP contribution in [-0.2, 0) is 13.0 Å². The van der Waals surface area contributed by atoms with Crippen LogP contribution >= 0.6 is 23.1 Å². The van der Waals surface area contributed by atoms with Crippen molar-refractivity contribution in [3.8, 4) is 5.75 Å². The highest BCUT2D eigenvalue weighted by molar-refractivity contribution is 7.09. The zero-order valence-electron chi connectivity index (χ0n) is 12.6. The molecule has 3 aromatic rings. The van der Waals surface area contributed by atoms with Crippen molar-refractivity contribution in [3.05, 3.63) is 70.5 Å². The number of nitrogens with one attached hydrogen (secondary N) is 1. The number of anilines is 1. The first-order valence-electron chi connectivity index (χ1n) is 7.17. The smallest absolute Gasteiger partial charge is 0.202 e. The number of methoxy groups -OCH3 is 1. The van der Waals surface area contributed by atoms with E-state index in [1.165, 1.54) is 11.5 Å². The maximum absolute atomic E-state index is 5.88. The molecular formula is C17H16ClN3OS. The fourth-order valence-corrected chi connectivity index (χ4v) is 2.85. The van der Waals surface area contributed by atoms with E-state index in [0.717, 1.165) is 32.9 Å². The largest absolute Gasteiger partial charge is 0.497 e. The van der Waals surface area contributed by atoms with Gasteiger partial charge in [-0.1, -0.05) is 35.9 Å². The monoisotopic (exact) mass is 345 g/mol. The lowest BCUT2D eigenvalue weighted by Crippen LogP contribution is -1.99. The number of ether oxygens (including phenoxy) is 1. The van der Waals surface area contributed by atoms with Gasteiger partial charge in [0.1, 0.15) is 11.6 Å². The summed E-state index contributed by atoms with van der Waals surface area (Å²) in [6, 6.07) is 15.7. The quantitative estimate of drug-likeness (QED) is 0.719. The van der Waals surface area contributed by atoms with Gasteiger partial charge in [0, 0.05) is 29.5 Å². The molecule has 118 valence electrons. The van der Waals surface area contributed by atoms with Crippen LogP contribution in [0.15, 0.2) is 48.5 Å². The van der Waals surface area contributed by atoms with Crippen molar-refractivity contribution in [1.29, 1.82) is 0 Å². The zero-order chi connectivity index (χ0) is 16.1. The van der Waals surface area contributed by atoms with Crippen LogP contribution in [0.4, 0.5) is 5.13 Å². The van der Waals surface area contributed by atoms with E-state index < -0.39 is 0 Å². The van der Waals surface area contributed by atoms with Crippen molar-refractivity contribution < 1.29 is 4.74 Å². The summed E-state index contributed by atoms with van der Waals surface area (Å²) >= 11 is 7.25. The highest BCUT2D eigenvalue weighted by Crippen LogP contribution is 2.18. The van der Waals surface area contributed by atoms with Crippen LogP contribution < -0.4 is 10.1 Å². The van der Waals surface area contributed by atoms with Gasteiger partial charge in [0.15, 0.2) is 0 Å². The first kappa shape index (κ1) is 15.8. The molecule has 1 heterocycles. The van der Waals surface area contributed by atoms with Crippen LogP contribution in [-0.4, -0.2) is 16.5 Å². The molecule has 1 N–H and O–H groups in total. The SMILES string of the molecule is COc1cccc(Cc2nsc(NCc3ccc(Cl)cc3)n2)c1. The minimum Gasteiger partial charge on any atom is -0.497 e. The summed E-state index contributed by atoms with van der Waals surface area (Å²) in [6.45, 7) is 0.699. The van der Waals surface area contributed by atoms with Crippen molar-refractivity contribution in [1.82, 2.24) is 9.36 Å². The molecule has 23 heavy (non-hydrogen) atoms. The Morgan fingerprint density at radius 1 is 1.13 bits per heavy atom. The summed E-state index contributed by atoms with van der Waals surface area (Å²) in [6.07, 6.45) is 0.691. The van der Waals surface area contributed by atoms with Crippen molar-refractivity contribution in [2.24, 2.45) is 0 Å². The molecule has 0 aliphatic rings. The Hall–Kier alpha value is -2.11. The first-order valence-corrected chi connectivity index (χ1v) is 8.32. The molecule has 0 unspecified atom stereocenters. The number of halogens is 1. The van der Waals surface area contributed by atoms with E-state index in [1.807, 2.05) is 48.5 Å². The van der Waals surface area contributed by atoms with Gasteiger partial charge in [-0.3, -0.25) is 0 Å². The molecular weight excluding hydrogens is 330 g/mol. The van der Waals surface area contributed by atoms with Gasteiger partial charge in [0.25, 0.3) is 0 Å². The number of benzene rings is 2. The normalized spacial score (nSPS) is 10.5. The predicted molar refractivity (Wildman–Crippen MR) is 94.5 cm³/mol. The van der Waals surface area contributed by atoms with Gasteiger partial charge in [-0.15, -0.1) is 0 Å². The second kappa shape index (κ2) is 7.44. The van der Waals surface area contributed by atoms with E-state index >= 15 is 0 Å². The third kappa shape index (κ3) is 4.43. The fourth-order valence-electron chi connectivity index (χ4n) is 2.14. The topological polar surface area (TPSA) is 47.0 Å². The molecule has 6 heteroatoms. The molecule has 0 aliphatic carbocycles. The molecule has 0 bridgehead atoms. The van der Waals surface area contributed by atoms with E-state index in [-0.39, 0.29) is 0 Å². The summed E-state index contributed by atoms with van der Waals surface area (Å²) in [7, 11) is 1.67. The zero-order valence-corrected chi connectivity index (χ0v) is 14.2. The second-order valence-electron chi connectivity index (χ2n) is 5.02. The molecule has 3 rings (SSSR count). The molecule has 2 aromatic carbocycles. The van der Waals surface area contributed by atoms with Crippen LogP contribution in [0.25, 0.3) is 0 Å². The average molecular weight is 346 g/mol. The Morgan fingerprint density at radius 2 is 1.96 bits per heavy atom. The van der Waals surface area contributed by atoms with Crippen LogP contribution in [0.2, 0.25) is 5.02 Å². The van der Waals surface area contributed by atoms with E-state index in [1.54, 1.807) is 7.11 Å². The van der Waals surface area contributed by atoms with E-state index in [2.05, 4.69) is 14.7 Å². The highest BCUT2D eigenvalue weighted by Gasteiger charge is 2.06. The van der Waals surface area contributed by atoms with Crippen molar-refractivity contribution in [2.45, 2.75) is 13.0 Å². The Bertz CT molecular complexity index is 774. The van der Waals surface area contributed by atoms with Gasteiger partial charge in [-0.25, -0.2) is 4.98 Å². The lowest BCUT2D eigenvalue weighted by atomic mass is 10.1. The Morgan fingerprint density at radius 3 is 2.74 bits per heavy atom. The highest BCUT2D eigenvalue weighted by atomic mass is 35.5. The minimum absolute atomic E-state index is 0.691. The number of nitrogens with zero attached hydrogens (tertiary/aromatic N) is 2. The lowest BCUT2D eigenvalue weighted by molar-refractivity contribution is 0.414. The molecule has 0 saturated heterocycles. The Labute approximate surface area is 144 Å². The molecule has 0 saturated carbocycles. The summed E-state index contributed by atoms with van der Waals surface area (Å²) < 4.78 is 9.63. The van der Waals surface area contributed by atoms with Crippen LogP contribution in [0.1, 0.15) is 17.0 Å². The van der Waals surface area contributed by atoms with Crippen molar-refractivity contribution in [2.75, 3.05) is 12.4 Å². The standard InChI is InChI=1S/C17H16ClN3OS/c1-22-15-4-2-3-13(9-15)10-16-20-17(23-21-16)19-11-12-5-7-14(18)8-6-12/h2-9H,10-11H2,1H3,(H,19,20,21). The molecule has 1 aromatic heterocycles. The van der Waals surface area contributed by atoms with Gasteiger partial charge < -0.3 is 10.1 Å². The Balaban J connectivity index is 1.60. The van der Waals surface area contributed by atoms with Gasteiger partial charge in [-0.2, -0.15) is 4.37 Å². The fraction of sp³-hybridized carbons (Fsp3) is 0.176. The maximum atomic E-state index is 5.88.